The molecule has 0 unspecified atom stereocenters. The molecule has 1 amide bonds. The van der Waals surface area contributed by atoms with Gasteiger partial charge in [-0.05, 0) is 56.0 Å². The number of primary sulfonamides is 1. The summed E-state index contributed by atoms with van der Waals surface area (Å²) in [5, 5.41) is 11.2. The molecular weight excluding hydrogens is 406 g/mol. The molecule has 3 N–H and O–H groups in total. The van der Waals surface area contributed by atoms with Gasteiger partial charge in [0, 0.05) is 23.1 Å². The van der Waals surface area contributed by atoms with Gasteiger partial charge in [0.1, 0.15) is 0 Å². The van der Waals surface area contributed by atoms with E-state index in [1.54, 1.807) is 31.3 Å². The van der Waals surface area contributed by atoms with E-state index in [1.807, 2.05) is 36.6 Å². The molecule has 0 radical (unpaired) electrons. The number of thiazole rings is 1. The van der Waals surface area contributed by atoms with E-state index in [0.717, 1.165) is 21.8 Å². The molecule has 0 aliphatic rings. The van der Waals surface area contributed by atoms with E-state index < -0.39 is 10.0 Å². The molecule has 152 valence electrons. The first-order valence-corrected chi connectivity index (χ1v) is 11.5. The second-order valence-electron chi connectivity index (χ2n) is 6.92. The van der Waals surface area contributed by atoms with E-state index in [0.29, 0.717) is 24.1 Å². The maximum Gasteiger partial charge on any atom is 0.251 e. The third kappa shape index (κ3) is 5.09. The van der Waals surface area contributed by atoms with Crippen molar-refractivity contribution in [2.45, 2.75) is 32.1 Å². The van der Waals surface area contributed by atoms with Gasteiger partial charge in [0.15, 0.2) is 0 Å². The lowest BCUT2D eigenvalue weighted by Crippen LogP contribution is -2.26. The molecule has 1 heterocycles. The Morgan fingerprint density at radius 1 is 1.14 bits per heavy atom. The van der Waals surface area contributed by atoms with Gasteiger partial charge in [0.2, 0.25) is 10.0 Å². The number of rotatable bonds is 6. The van der Waals surface area contributed by atoms with Crippen molar-refractivity contribution in [2.75, 3.05) is 6.54 Å². The number of nitrogens with one attached hydrogen (secondary N) is 1. The van der Waals surface area contributed by atoms with E-state index in [2.05, 4.69) is 10.3 Å². The Bertz CT molecular complexity index is 1150. The van der Waals surface area contributed by atoms with Crippen LogP contribution < -0.4 is 10.5 Å². The molecule has 8 heteroatoms. The van der Waals surface area contributed by atoms with Gasteiger partial charge in [-0.1, -0.05) is 24.3 Å². The second-order valence-corrected chi connectivity index (χ2v) is 9.51. The third-order valence-corrected chi connectivity index (χ3v) is 6.57. The summed E-state index contributed by atoms with van der Waals surface area (Å²) in [7, 11) is -3.89. The number of aromatic nitrogens is 1. The minimum atomic E-state index is -3.89. The fourth-order valence-corrected chi connectivity index (χ4v) is 4.52. The van der Waals surface area contributed by atoms with Crippen molar-refractivity contribution in [1.29, 1.82) is 0 Å². The van der Waals surface area contributed by atoms with Crippen molar-refractivity contribution in [2.24, 2.45) is 5.14 Å². The van der Waals surface area contributed by atoms with Gasteiger partial charge in [0.05, 0.1) is 15.6 Å². The van der Waals surface area contributed by atoms with E-state index in [-0.39, 0.29) is 16.4 Å². The minimum absolute atomic E-state index is 0.0180. The number of hydrogen-bond acceptors (Lipinski definition) is 5. The summed E-state index contributed by atoms with van der Waals surface area (Å²) in [5.74, 6) is -0.326. The molecule has 0 fully saturated rings. The third-order valence-electron chi connectivity index (χ3n) is 4.76. The zero-order chi connectivity index (χ0) is 21.2. The molecule has 1 aromatic heterocycles. The molecule has 0 spiro atoms. The average Bonchev–Trinajstić information content (AvgIpc) is 3.09. The summed E-state index contributed by atoms with van der Waals surface area (Å²) >= 11 is 1.62. The first-order chi connectivity index (χ1) is 13.6. The Morgan fingerprint density at radius 3 is 2.41 bits per heavy atom. The van der Waals surface area contributed by atoms with Gasteiger partial charge >= 0.3 is 0 Å². The average molecular weight is 430 g/mol. The maximum absolute atomic E-state index is 12.5. The van der Waals surface area contributed by atoms with Gasteiger partial charge in [0.25, 0.3) is 5.91 Å². The SMILES string of the molecule is Cc1nc(-c2ccc(CCNC(=O)c3cc(C)c(C)c(S(N)(=O)=O)c3)cc2)cs1. The molecule has 0 aliphatic heterocycles. The smallest absolute Gasteiger partial charge is 0.251 e. The number of nitrogens with zero attached hydrogens (tertiary/aromatic N) is 1. The maximum atomic E-state index is 12.5. The highest BCUT2D eigenvalue weighted by atomic mass is 32.2. The lowest BCUT2D eigenvalue weighted by Gasteiger charge is -2.11. The summed E-state index contributed by atoms with van der Waals surface area (Å²) < 4.78 is 23.5. The van der Waals surface area contributed by atoms with Crippen molar-refractivity contribution in [3.63, 3.8) is 0 Å². The standard InChI is InChI=1S/C21H23N3O3S2/c1-13-10-18(11-20(14(13)2)29(22,26)27)21(25)23-9-8-16-4-6-17(7-5-16)19-12-28-15(3)24-19/h4-7,10-12H,8-9H2,1-3H3,(H,23,25)(H2,22,26,27). The molecule has 0 saturated heterocycles. The second kappa shape index (κ2) is 8.44. The van der Waals surface area contributed by atoms with E-state index in [9.17, 15) is 13.2 Å². The highest BCUT2D eigenvalue weighted by Gasteiger charge is 2.17. The lowest BCUT2D eigenvalue weighted by molar-refractivity contribution is 0.0954. The highest BCUT2D eigenvalue weighted by molar-refractivity contribution is 7.89. The first kappa shape index (κ1) is 21.2. The number of aryl methyl sites for hydroxylation is 2. The number of amides is 1. The molecule has 0 atom stereocenters. The van der Waals surface area contributed by atoms with Crippen molar-refractivity contribution in [3.8, 4) is 11.3 Å². The Kier molecular flexibility index (Phi) is 6.16. The van der Waals surface area contributed by atoms with Crippen LogP contribution in [0.2, 0.25) is 0 Å². The van der Waals surface area contributed by atoms with Crippen molar-refractivity contribution in [1.82, 2.24) is 10.3 Å². The molecule has 6 nitrogen and oxygen atoms in total. The van der Waals surface area contributed by atoms with Gasteiger partial charge in [-0.2, -0.15) is 0 Å². The molecule has 3 rings (SSSR count). The van der Waals surface area contributed by atoms with Crippen LogP contribution in [-0.2, 0) is 16.4 Å². The molecule has 2 aromatic carbocycles. The Labute approximate surface area is 174 Å². The van der Waals surface area contributed by atoms with E-state index >= 15 is 0 Å². The number of carbonyl (C=O) groups excluding carboxylic acids is 1. The van der Waals surface area contributed by atoms with Crippen molar-refractivity contribution >= 4 is 27.3 Å². The van der Waals surface area contributed by atoms with Crippen LogP contribution in [0, 0.1) is 20.8 Å². The topological polar surface area (TPSA) is 102 Å². The summed E-state index contributed by atoms with van der Waals surface area (Å²) in [6.45, 7) is 5.85. The number of carbonyl (C=O) groups is 1. The van der Waals surface area contributed by atoms with Crippen LogP contribution in [0.5, 0.6) is 0 Å². The van der Waals surface area contributed by atoms with Crippen LogP contribution in [-0.4, -0.2) is 25.9 Å². The van der Waals surface area contributed by atoms with Gasteiger partial charge < -0.3 is 5.32 Å². The number of hydrogen-bond donors (Lipinski definition) is 2. The summed E-state index contributed by atoms with van der Waals surface area (Å²) in [5.41, 5.74) is 4.66. The molecular formula is C21H23N3O3S2. The zero-order valence-corrected chi connectivity index (χ0v) is 18.2. The van der Waals surface area contributed by atoms with E-state index in [4.69, 9.17) is 5.14 Å². The summed E-state index contributed by atoms with van der Waals surface area (Å²) in [6.07, 6.45) is 0.662. The monoisotopic (exact) mass is 429 g/mol. The van der Waals surface area contributed by atoms with Crippen LogP contribution >= 0.6 is 11.3 Å². The van der Waals surface area contributed by atoms with Crippen LogP contribution in [0.1, 0.15) is 32.1 Å². The van der Waals surface area contributed by atoms with Crippen LogP contribution in [0.4, 0.5) is 0 Å². The molecule has 3 aromatic rings. The molecule has 29 heavy (non-hydrogen) atoms. The fourth-order valence-electron chi connectivity index (χ4n) is 3.01. The Balaban J connectivity index is 1.63. The van der Waals surface area contributed by atoms with Gasteiger partial charge in [-0.15, -0.1) is 11.3 Å². The number of sulfonamides is 1. The van der Waals surface area contributed by atoms with E-state index in [1.165, 1.54) is 6.07 Å². The lowest BCUT2D eigenvalue weighted by atomic mass is 10.1. The molecule has 0 saturated carbocycles. The Morgan fingerprint density at radius 2 is 1.83 bits per heavy atom. The zero-order valence-electron chi connectivity index (χ0n) is 16.5. The predicted molar refractivity (Wildman–Crippen MR) is 116 cm³/mol. The summed E-state index contributed by atoms with van der Waals surface area (Å²) in [4.78, 5) is 16.9. The van der Waals surface area contributed by atoms with Crippen LogP contribution in [0.25, 0.3) is 11.3 Å². The number of nitrogens with two attached hydrogens (primary N) is 1. The highest BCUT2D eigenvalue weighted by Crippen LogP contribution is 2.22. The van der Waals surface area contributed by atoms with Gasteiger partial charge in [-0.25, -0.2) is 18.5 Å². The van der Waals surface area contributed by atoms with Crippen LogP contribution in [0.15, 0.2) is 46.7 Å². The quantitative estimate of drug-likeness (QED) is 0.627. The summed E-state index contributed by atoms with van der Waals surface area (Å²) in [6, 6.07) is 11.1. The Hall–Kier alpha value is -2.55. The molecule has 0 aliphatic carbocycles. The first-order valence-electron chi connectivity index (χ1n) is 9.09. The molecule has 0 bridgehead atoms. The predicted octanol–water partition coefficient (Wildman–Crippen LogP) is 3.36. The largest absolute Gasteiger partial charge is 0.352 e. The number of benzene rings is 2. The van der Waals surface area contributed by atoms with Gasteiger partial charge in [-0.3, -0.25) is 4.79 Å². The normalized spacial score (nSPS) is 11.4. The van der Waals surface area contributed by atoms with Crippen molar-refractivity contribution < 1.29 is 13.2 Å². The van der Waals surface area contributed by atoms with Crippen molar-refractivity contribution in [3.05, 3.63) is 69.0 Å². The van der Waals surface area contributed by atoms with Crippen LogP contribution in [0.3, 0.4) is 0 Å². The fraction of sp³-hybridized carbons (Fsp3) is 0.238. The minimum Gasteiger partial charge on any atom is -0.352 e.